The van der Waals surface area contributed by atoms with Crippen molar-refractivity contribution in [1.29, 1.82) is 0 Å². The number of nitrogens with zero attached hydrogens (tertiary/aromatic N) is 3. The van der Waals surface area contributed by atoms with E-state index in [0.29, 0.717) is 6.04 Å². The molecule has 1 N–H and O–H groups in total. The highest BCUT2D eigenvalue weighted by atomic mass is 32.1. The second-order valence-corrected chi connectivity index (χ2v) is 6.03. The predicted octanol–water partition coefficient (Wildman–Crippen LogP) is 3.06. The van der Waals surface area contributed by atoms with Gasteiger partial charge in [0.2, 0.25) is 0 Å². The van der Waals surface area contributed by atoms with Crippen molar-refractivity contribution >= 4 is 17.2 Å². The molecular formula is C15H22N4S. The SMILES string of the molecule is CCN(Cc1cccs1)c1cnc(CNC(C)C)cn1. The zero-order valence-corrected chi connectivity index (χ0v) is 13.2. The van der Waals surface area contributed by atoms with Gasteiger partial charge in [0.25, 0.3) is 0 Å². The number of nitrogens with one attached hydrogen (secondary N) is 1. The van der Waals surface area contributed by atoms with Gasteiger partial charge < -0.3 is 10.2 Å². The van der Waals surface area contributed by atoms with Crippen LogP contribution in [-0.4, -0.2) is 22.6 Å². The fraction of sp³-hybridized carbons (Fsp3) is 0.467. The van der Waals surface area contributed by atoms with E-state index in [4.69, 9.17) is 0 Å². The van der Waals surface area contributed by atoms with Crippen molar-refractivity contribution in [2.75, 3.05) is 11.4 Å². The average Bonchev–Trinajstić information content (AvgIpc) is 2.96. The Balaban J connectivity index is 1.99. The maximum Gasteiger partial charge on any atom is 0.147 e. The van der Waals surface area contributed by atoms with E-state index in [1.807, 2.05) is 12.4 Å². The lowest BCUT2D eigenvalue weighted by atomic mass is 10.3. The van der Waals surface area contributed by atoms with Crippen LogP contribution in [0.25, 0.3) is 0 Å². The van der Waals surface area contributed by atoms with E-state index in [1.165, 1.54) is 4.88 Å². The summed E-state index contributed by atoms with van der Waals surface area (Å²) in [5.41, 5.74) is 0.981. The smallest absolute Gasteiger partial charge is 0.147 e. The molecule has 2 heterocycles. The second kappa shape index (κ2) is 7.36. The van der Waals surface area contributed by atoms with Gasteiger partial charge in [0, 0.05) is 24.0 Å². The van der Waals surface area contributed by atoms with E-state index in [0.717, 1.165) is 31.1 Å². The maximum atomic E-state index is 4.54. The van der Waals surface area contributed by atoms with Crippen LogP contribution in [0.5, 0.6) is 0 Å². The number of anilines is 1. The van der Waals surface area contributed by atoms with Gasteiger partial charge in [-0.3, -0.25) is 4.98 Å². The van der Waals surface area contributed by atoms with Crippen molar-refractivity contribution in [1.82, 2.24) is 15.3 Å². The maximum absolute atomic E-state index is 4.54. The third-order valence-corrected chi connectivity index (χ3v) is 3.88. The standard InChI is InChI=1S/C15H22N4S/c1-4-19(11-14-6-5-7-20-14)15-10-17-13(9-18-15)8-16-12(2)3/h5-7,9-10,12,16H,4,8,11H2,1-3H3. The molecule has 5 heteroatoms. The van der Waals surface area contributed by atoms with Crippen molar-refractivity contribution in [3.63, 3.8) is 0 Å². The van der Waals surface area contributed by atoms with Crippen molar-refractivity contribution < 1.29 is 0 Å². The second-order valence-electron chi connectivity index (χ2n) is 5.00. The van der Waals surface area contributed by atoms with Gasteiger partial charge in [-0.25, -0.2) is 4.98 Å². The molecule has 20 heavy (non-hydrogen) atoms. The Morgan fingerprint density at radius 2 is 2.15 bits per heavy atom. The van der Waals surface area contributed by atoms with Gasteiger partial charge in [0.05, 0.1) is 24.6 Å². The highest BCUT2D eigenvalue weighted by Gasteiger charge is 2.08. The minimum absolute atomic E-state index is 0.461. The minimum Gasteiger partial charge on any atom is -0.350 e. The Bertz CT molecular complexity index is 493. The Kier molecular flexibility index (Phi) is 5.49. The van der Waals surface area contributed by atoms with Crippen LogP contribution in [0.4, 0.5) is 5.82 Å². The van der Waals surface area contributed by atoms with Gasteiger partial charge in [0.15, 0.2) is 0 Å². The lowest BCUT2D eigenvalue weighted by Gasteiger charge is -2.21. The molecule has 2 aromatic heterocycles. The van der Waals surface area contributed by atoms with E-state index in [-0.39, 0.29) is 0 Å². The number of hydrogen-bond acceptors (Lipinski definition) is 5. The Morgan fingerprint density at radius 3 is 2.70 bits per heavy atom. The largest absolute Gasteiger partial charge is 0.350 e. The molecule has 0 aromatic carbocycles. The van der Waals surface area contributed by atoms with Gasteiger partial charge in [-0.1, -0.05) is 19.9 Å². The van der Waals surface area contributed by atoms with Gasteiger partial charge in [-0.2, -0.15) is 0 Å². The first-order chi connectivity index (χ1) is 9.69. The molecule has 0 saturated carbocycles. The van der Waals surface area contributed by atoms with Crippen molar-refractivity contribution in [3.05, 3.63) is 40.5 Å². The molecule has 0 aliphatic rings. The van der Waals surface area contributed by atoms with Crippen LogP contribution in [0, 0.1) is 0 Å². The first-order valence-corrected chi connectivity index (χ1v) is 7.88. The van der Waals surface area contributed by atoms with Gasteiger partial charge in [-0.05, 0) is 18.4 Å². The van der Waals surface area contributed by atoms with Crippen LogP contribution in [0.3, 0.4) is 0 Å². The Morgan fingerprint density at radius 1 is 1.30 bits per heavy atom. The molecule has 0 bridgehead atoms. The van der Waals surface area contributed by atoms with E-state index < -0.39 is 0 Å². The molecule has 0 aliphatic carbocycles. The summed E-state index contributed by atoms with van der Waals surface area (Å²) in [5.74, 6) is 0.939. The average molecular weight is 290 g/mol. The van der Waals surface area contributed by atoms with Gasteiger partial charge in [0.1, 0.15) is 5.82 Å². The van der Waals surface area contributed by atoms with E-state index in [1.54, 1.807) is 11.3 Å². The molecule has 2 aromatic rings. The normalized spacial score (nSPS) is 11.0. The number of thiophene rings is 1. The molecule has 0 fully saturated rings. The van der Waals surface area contributed by atoms with Crippen LogP contribution in [0.15, 0.2) is 29.9 Å². The monoisotopic (exact) mass is 290 g/mol. The third kappa shape index (κ3) is 4.28. The van der Waals surface area contributed by atoms with Crippen LogP contribution >= 0.6 is 11.3 Å². The molecule has 0 aliphatic heterocycles. The van der Waals surface area contributed by atoms with Crippen molar-refractivity contribution in [2.24, 2.45) is 0 Å². The predicted molar refractivity (Wildman–Crippen MR) is 85.1 cm³/mol. The minimum atomic E-state index is 0.461. The summed E-state index contributed by atoms with van der Waals surface area (Å²) >= 11 is 1.78. The summed E-state index contributed by atoms with van der Waals surface area (Å²) < 4.78 is 0. The van der Waals surface area contributed by atoms with Crippen molar-refractivity contribution in [2.45, 2.75) is 39.9 Å². The van der Waals surface area contributed by atoms with Crippen LogP contribution in [-0.2, 0) is 13.1 Å². The number of rotatable bonds is 7. The Labute approximate surface area is 124 Å². The van der Waals surface area contributed by atoms with Gasteiger partial charge >= 0.3 is 0 Å². The third-order valence-electron chi connectivity index (χ3n) is 3.02. The molecule has 4 nitrogen and oxygen atoms in total. The molecule has 2 rings (SSSR count). The molecule has 0 saturated heterocycles. The van der Waals surface area contributed by atoms with Crippen LogP contribution in [0.2, 0.25) is 0 Å². The molecule has 108 valence electrons. The molecule has 0 unspecified atom stereocenters. The summed E-state index contributed by atoms with van der Waals surface area (Å²) in [4.78, 5) is 12.6. The number of hydrogen-bond donors (Lipinski definition) is 1. The fourth-order valence-corrected chi connectivity index (χ4v) is 2.58. The zero-order valence-electron chi connectivity index (χ0n) is 12.3. The lowest BCUT2D eigenvalue weighted by molar-refractivity contribution is 0.580. The summed E-state index contributed by atoms with van der Waals surface area (Å²) in [6.45, 7) is 8.98. The summed E-state index contributed by atoms with van der Waals surface area (Å²) in [7, 11) is 0. The fourth-order valence-electron chi connectivity index (χ4n) is 1.86. The molecule has 0 spiro atoms. The van der Waals surface area contributed by atoms with E-state index in [9.17, 15) is 0 Å². The van der Waals surface area contributed by atoms with E-state index in [2.05, 4.69) is 58.5 Å². The van der Waals surface area contributed by atoms with Gasteiger partial charge in [-0.15, -0.1) is 11.3 Å². The lowest BCUT2D eigenvalue weighted by Crippen LogP contribution is -2.24. The first kappa shape index (κ1) is 14.9. The number of aromatic nitrogens is 2. The highest BCUT2D eigenvalue weighted by Crippen LogP contribution is 2.16. The quantitative estimate of drug-likeness (QED) is 0.851. The summed E-state index contributed by atoms with van der Waals surface area (Å²) in [6, 6.07) is 4.70. The topological polar surface area (TPSA) is 41.1 Å². The zero-order chi connectivity index (χ0) is 14.4. The summed E-state index contributed by atoms with van der Waals surface area (Å²) in [6.07, 6.45) is 3.73. The highest BCUT2D eigenvalue weighted by molar-refractivity contribution is 7.09. The van der Waals surface area contributed by atoms with Crippen molar-refractivity contribution in [3.8, 4) is 0 Å². The first-order valence-electron chi connectivity index (χ1n) is 7.00. The summed E-state index contributed by atoms with van der Waals surface area (Å²) in [5, 5.41) is 5.45. The molecule has 0 radical (unpaired) electrons. The Hall–Kier alpha value is -1.46. The molecular weight excluding hydrogens is 268 g/mol. The van der Waals surface area contributed by atoms with Crippen LogP contribution < -0.4 is 10.2 Å². The van der Waals surface area contributed by atoms with E-state index >= 15 is 0 Å². The molecule has 0 atom stereocenters. The van der Waals surface area contributed by atoms with Crippen LogP contribution in [0.1, 0.15) is 31.3 Å². The molecule has 0 amide bonds.